The normalized spacial score (nSPS) is 10.4. The van der Waals surface area contributed by atoms with Crippen LogP contribution in [0.2, 0.25) is 0 Å². The van der Waals surface area contributed by atoms with Crippen LogP contribution in [0.25, 0.3) is 0 Å². The number of carbonyl (C=O) groups is 1. The molecule has 1 aromatic heterocycles. The number of thioether (sulfide) groups is 1. The highest BCUT2D eigenvalue weighted by atomic mass is 32.2. The highest BCUT2D eigenvalue weighted by molar-refractivity contribution is 7.98. The maximum Gasteiger partial charge on any atom is 0.254 e. The number of aryl methyl sites for hydroxylation is 1. The summed E-state index contributed by atoms with van der Waals surface area (Å²) in [5.74, 6) is -0.101. The van der Waals surface area contributed by atoms with E-state index in [9.17, 15) is 4.79 Å². The summed E-state index contributed by atoms with van der Waals surface area (Å²) in [6.07, 6.45) is 5.08. The Labute approximate surface area is 129 Å². The van der Waals surface area contributed by atoms with E-state index in [0.717, 1.165) is 18.5 Å². The van der Waals surface area contributed by atoms with Gasteiger partial charge in [-0.2, -0.15) is 0 Å². The van der Waals surface area contributed by atoms with Gasteiger partial charge < -0.3 is 5.32 Å². The summed E-state index contributed by atoms with van der Waals surface area (Å²) in [5, 5.41) is 3.64. The zero-order valence-electron chi connectivity index (χ0n) is 12.3. The molecule has 0 saturated heterocycles. The Bertz CT molecular complexity index is 602. The molecule has 0 radical (unpaired) electrons. The summed E-state index contributed by atoms with van der Waals surface area (Å²) < 4.78 is 0. The summed E-state index contributed by atoms with van der Waals surface area (Å²) in [6.45, 7) is 2.60. The lowest BCUT2D eigenvalue weighted by Gasteiger charge is -2.09. The van der Waals surface area contributed by atoms with Crippen LogP contribution in [0.4, 0.5) is 0 Å². The van der Waals surface area contributed by atoms with Crippen molar-refractivity contribution < 1.29 is 4.79 Å². The molecule has 5 heteroatoms. The molecule has 0 atom stereocenters. The van der Waals surface area contributed by atoms with Crippen LogP contribution < -0.4 is 5.32 Å². The minimum absolute atomic E-state index is 0.101. The molecule has 4 nitrogen and oxygen atoms in total. The zero-order valence-corrected chi connectivity index (χ0v) is 13.1. The molecule has 1 heterocycles. The second-order valence-corrected chi connectivity index (χ2v) is 5.34. The largest absolute Gasteiger partial charge is 0.352 e. The zero-order chi connectivity index (χ0) is 15.1. The molecule has 0 saturated carbocycles. The van der Waals surface area contributed by atoms with E-state index in [1.54, 1.807) is 6.20 Å². The molecule has 110 valence electrons. The van der Waals surface area contributed by atoms with E-state index in [2.05, 4.69) is 27.4 Å². The average molecular weight is 301 g/mol. The molecular weight excluding hydrogens is 282 g/mol. The first kappa shape index (κ1) is 15.5. The fourth-order valence-electron chi connectivity index (χ4n) is 2.02. The van der Waals surface area contributed by atoms with Gasteiger partial charge in [0.05, 0.1) is 11.3 Å². The van der Waals surface area contributed by atoms with Crippen molar-refractivity contribution in [2.24, 2.45) is 0 Å². The molecule has 0 aliphatic rings. The van der Waals surface area contributed by atoms with Crippen molar-refractivity contribution in [1.82, 2.24) is 15.3 Å². The van der Waals surface area contributed by atoms with E-state index in [1.807, 2.05) is 31.4 Å². The van der Waals surface area contributed by atoms with Gasteiger partial charge in [-0.15, -0.1) is 0 Å². The molecule has 0 aliphatic carbocycles. The third-order valence-corrected chi connectivity index (χ3v) is 3.71. The van der Waals surface area contributed by atoms with Crippen LogP contribution in [0, 0.1) is 0 Å². The van der Waals surface area contributed by atoms with E-state index in [4.69, 9.17) is 0 Å². The monoisotopic (exact) mass is 301 g/mol. The van der Waals surface area contributed by atoms with Crippen LogP contribution in [0.5, 0.6) is 0 Å². The molecule has 1 N–H and O–H groups in total. The van der Waals surface area contributed by atoms with Crippen molar-refractivity contribution in [2.75, 3.05) is 12.8 Å². The van der Waals surface area contributed by atoms with Crippen molar-refractivity contribution in [3.8, 4) is 0 Å². The summed E-state index contributed by atoms with van der Waals surface area (Å²) in [4.78, 5) is 20.8. The van der Waals surface area contributed by atoms with Gasteiger partial charge in [-0.3, -0.25) is 4.79 Å². The van der Waals surface area contributed by atoms with Crippen molar-refractivity contribution in [3.05, 3.63) is 53.3 Å². The first-order valence-corrected chi connectivity index (χ1v) is 8.19. The number of aromatic nitrogens is 2. The van der Waals surface area contributed by atoms with Crippen LogP contribution in [0.1, 0.15) is 28.5 Å². The van der Waals surface area contributed by atoms with Crippen LogP contribution in [-0.2, 0) is 12.8 Å². The van der Waals surface area contributed by atoms with Crippen molar-refractivity contribution >= 4 is 17.7 Å². The minimum atomic E-state index is -0.101. The number of hydrogen-bond acceptors (Lipinski definition) is 4. The standard InChI is InChI=1S/C16H19N3OS/c1-3-14-13(11-18-16(19-14)21-2)15(20)17-10-9-12-7-5-4-6-8-12/h4-8,11H,3,9-10H2,1-2H3,(H,17,20). The van der Waals surface area contributed by atoms with Crippen molar-refractivity contribution in [1.29, 1.82) is 0 Å². The topological polar surface area (TPSA) is 54.9 Å². The Balaban J connectivity index is 1.97. The number of carbonyl (C=O) groups excluding carboxylic acids is 1. The summed E-state index contributed by atoms with van der Waals surface area (Å²) >= 11 is 1.48. The van der Waals surface area contributed by atoms with Gasteiger partial charge in [0.15, 0.2) is 5.16 Å². The van der Waals surface area contributed by atoms with Crippen LogP contribution in [-0.4, -0.2) is 28.7 Å². The van der Waals surface area contributed by atoms with Crippen LogP contribution in [0.3, 0.4) is 0 Å². The van der Waals surface area contributed by atoms with E-state index in [1.165, 1.54) is 17.3 Å². The molecule has 2 rings (SSSR count). The molecule has 2 aromatic rings. The maximum atomic E-state index is 12.2. The Morgan fingerprint density at radius 1 is 1.29 bits per heavy atom. The van der Waals surface area contributed by atoms with E-state index >= 15 is 0 Å². The highest BCUT2D eigenvalue weighted by Crippen LogP contribution is 2.12. The molecule has 0 unspecified atom stereocenters. The number of rotatable bonds is 6. The molecule has 0 bridgehead atoms. The third kappa shape index (κ3) is 4.29. The summed E-state index contributed by atoms with van der Waals surface area (Å²) in [7, 11) is 0. The Morgan fingerprint density at radius 2 is 2.05 bits per heavy atom. The van der Waals surface area contributed by atoms with Crippen molar-refractivity contribution in [2.45, 2.75) is 24.9 Å². The minimum Gasteiger partial charge on any atom is -0.352 e. The van der Waals surface area contributed by atoms with Gasteiger partial charge >= 0.3 is 0 Å². The second kappa shape index (κ2) is 7.78. The number of nitrogens with one attached hydrogen (secondary N) is 1. The average Bonchev–Trinajstić information content (AvgIpc) is 2.55. The predicted octanol–water partition coefficient (Wildman–Crippen LogP) is 2.73. The summed E-state index contributed by atoms with van der Waals surface area (Å²) in [5.41, 5.74) is 2.58. The van der Waals surface area contributed by atoms with E-state index in [-0.39, 0.29) is 5.91 Å². The molecule has 0 spiro atoms. The third-order valence-electron chi connectivity index (χ3n) is 3.15. The quantitative estimate of drug-likeness (QED) is 0.658. The number of amides is 1. The van der Waals surface area contributed by atoms with Crippen LogP contribution >= 0.6 is 11.8 Å². The summed E-state index contributed by atoms with van der Waals surface area (Å²) in [6, 6.07) is 10.1. The Hall–Kier alpha value is -1.88. The second-order valence-electron chi connectivity index (χ2n) is 4.56. The van der Waals surface area contributed by atoms with Gasteiger partial charge in [-0.25, -0.2) is 9.97 Å². The van der Waals surface area contributed by atoms with Crippen molar-refractivity contribution in [3.63, 3.8) is 0 Å². The van der Waals surface area contributed by atoms with Gasteiger partial charge in [0.25, 0.3) is 5.91 Å². The molecular formula is C16H19N3OS. The fraction of sp³-hybridized carbons (Fsp3) is 0.312. The van der Waals surface area contributed by atoms with E-state index in [0.29, 0.717) is 17.3 Å². The van der Waals surface area contributed by atoms with Gasteiger partial charge in [-0.1, -0.05) is 49.0 Å². The lowest BCUT2D eigenvalue weighted by atomic mass is 10.1. The first-order valence-electron chi connectivity index (χ1n) is 6.96. The SMILES string of the molecule is CCc1nc(SC)ncc1C(=O)NCCc1ccccc1. The number of hydrogen-bond donors (Lipinski definition) is 1. The number of benzene rings is 1. The van der Waals surface area contributed by atoms with Gasteiger partial charge in [0, 0.05) is 12.7 Å². The fourth-order valence-corrected chi connectivity index (χ4v) is 2.38. The molecule has 0 fully saturated rings. The molecule has 1 aromatic carbocycles. The lowest BCUT2D eigenvalue weighted by Crippen LogP contribution is -2.27. The number of nitrogens with zero attached hydrogens (tertiary/aromatic N) is 2. The molecule has 0 aliphatic heterocycles. The molecule has 21 heavy (non-hydrogen) atoms. The van der Waals surface area contributed by atoms with Crippen LogP contribution in [0.15, 0.2) is 41.7 Å². The van der Waals surface area contributed by atoms with E-state index < -0.39 is 0 Å². The van der Waals surface area contributed by atoms with Gasteiger partial charge in [-0.05, 0) is 24.7 Å². The predicted molar refractivity (Wildman–Crippen MR) is 85.7 cm³/mol. The Kier molecular flexibility index (Phi) is 5.75. The smallest absolute Gasteiger partial charge is 0.254 e. The molecule has 1 amide bonds. The van der Waals surface area contributed by atoms with Gasteiger partial charge in [0.2, 0.25) is 0 Å². The maximum absolute atomic E-state index is 12.2. The first-order chi connectivity index (χ1) is 10.2. The highest BCUT2D eigenvalue weighted by Gasteiger charge is 2.12. The Morgan fingerprint density at radius 3 is 2.71 bits per heavy atom. The lowest BCUT2D eigenvalue weighted by molar-refractivity contribution is 0.0952. The van der Waals surface area contributed by atoms with Gasteiger partial charge in [0.1, 0.15) is 0 Å².